The summed E-state index contributed by atoms with van der Waals surface area (Å²) in [6, 6.07) is 8.02. The largest absolute Gasteiger partial charge is 0.462 e. The molecular formula is C12H12INO2. The van der Waals surface area contributed by atoms with Gasteiger partial charge in [0.2, 0.25) is 0 Å². The molecule has 1 heterocycles. The zero-order valence-electron chi connectivity index (χ0n) is 8.92. The Labute approximate surface area is 108 Å². The summed E-state index contributed by atoms with van der Waals surface area (Å²) >= 11 is 2.26. The van der Waals surface area contributed by atoms with Gasteiger partial charge < -0.3 is 10.1 Å². The minimum atomic E-state index is -0.198. The molecule has 16 heavy (non-hydrogen) atoms. The van der Waals surface area contributed by atoms with Gasteiger partial charge >= 0.3 is 5.97 Å². The molecule has 0 aromatic heterocycles. The summed E-state index contributed by atoms with van der Waals surface area (Å²) in [5, 5.41) is 3.23. The highest BCUT2D eigenvalue weighted by Crippen LogP contribution is 2.20. The van der Waals surface area contributed by atoms with Crippen molar-refractivity contribution < 1.29 is 9.53 Å². The van der Waals surface area contributed by atoms with Crippen molar-refractivity contribution in [1.82, 2.24) is 0 Å². The van der Waals surface area contributed by atoms with E-state index >= 15 is 0 Å². The lowest BCUT2D eigenvalue weighted by Crippen LogP contribution is -2.04. The number of nitrogens with one attached hydrogen (secondary N) is 1. The summed E-state index contributed by atoms with van der Waals surface area (Å²) in [6.07, 6.45) is 0.696. The standard InChI is InChI=1S/C12H12INO2/c1-8(11-5-6-16-12(11)15)14-10-4-2-3-9(13)7-10/h2-4,7,14H,5-6H2,1H3. The molecule has 1 N–H and O–H groups in total. The molecule has 2 rings (SSSR count). The molecule has 1 aromatic rings. The predicted molar refractivity (Wildman–Crippen MR) is 71.1 cm³/mol. The van der Waals surface area contributed by atoms with Crippen LogP contribution in [0.5, 0.6) is 0 Å². The van der Waals surface area contributed by atoms with E-state index in [1.165, 1.54) is 0 Å². The zero-order valence-corrected chi connectivity index (χ0v) is 11.1. The Balaban J connectivity index is 2.18. The number of allylic oxidation sites excluding steroid dienone is 1. The first-order valence-corrected chi connectivity index (χ1v) is 6.14. The lowest BCUT2D eigenvalue weighted by atomic mass is 10.2. The maximum Gasteiger partial charge on any atom is 0.335 e. The number of rotatable bonds is 2. The third-order valence-corrected chi connectivity index (χ3v) is 3.11. The molecule has 1 aliphatic heterocycles. The Morgan fingerprint density at radius 1 is 1.50 bits per heavy atom. The highest BCUT2D eigenvalue weighted by atomic mass is 127. The monoisotopic (exact) mass is 329 g/mol. The lowest BCUT2D eigenvalue weighted by molar-refractivity contribution is -0.135. The number of esters is 1. The number of benzene rings is 1. The highest BCUT2D eigenvalue weighted by molar-refractivity contribution is 14.1. The minimum absolute atomic E-state index is 0.198. The number of hydrogen-bond acceptors (Lipinski definition) is 3. The van der Waals surface area contributed by atoms with Crippen LogP contribution in [-0.2, 0) is 9.53 Å². The number of anilines is 1. The summed E-state index contributed by atoms with van der Waals surface area (Å²) in [7, 11) is 0. The van der Waals surface area contributed by atoms with E-state index in [0.717, 1.165) is 20.5 Å². The van der Waals surface area contributed by atoms with Crippen molar-refractivity contribution in [1.29, 1.82) is 0 Å². The number of cyclic esters (lactones) is 1. The maximum atomic E-state index is 11.4. The molecule has 0 radical (unpaired) electrons. The van der Waals surface area contributed by atoms with Crippen LogP contribution in [0.2, 0.25) is 0 Å². The van der Waals surface area contributed by atoms with Crippen LogP contribution in [0.3, 0.4) is 0 Å². The van der Waals surface area contributed by atoms with E-state index in [1.807, 2.05) is 31.2 Å². The van der Waals surface area contributed by atoms with Crippen molar-refractivity contribution in [3.05, 3.63) is 39.1 Å². The van der Waals surface area contributed by atoms with Crippen LogP contribution in [0.25, 0.3) is 0 Å². The maximum absolute atomic E-state index is 11.4. The number of ether oxygens (including phenoxy) is 1. The van der Waals surface area contributed by atoms with Crippen LogP contribution in [0.1, 0.15) is 13.3 Å². The van der Waals surface area contributed by atoms with Crippen molar-refractivity contribution in [3.8, 4) is 0 Å². The van der Waals surface area contributed by atoms with Crippen molar-refractivity contribution in [2.24, 2.45) is 0 Å². The van der Waals surface area contributed by atoms with Gasteiger partial charge in [0.15, 0.2) is 0 Å². The fourth-order valence-electron chi connectivity index (χ4n) is 1.63. The summed E-state index contributed by atoms with van der Waals surface area (Å²) in [6.45, 7) is 2.40. The van der Waals surface area contributed by atoms with Crippen molar-refractivity contribution in [3.63, 3.8) is 0 Å². The summed E-state index contributed by atoms with van der Waals surface area (Å²) in [5.74, 6) is -0.198. The fourth-order valence-corrected chi connectivity index (χ4v) is 2.18. The lowest BCUT2D eigenvalue weighted by Gasteiger charge is -2.08. The molecule has 1 saturated heterocycles. The average molecular weight is 329 g/mol. The molecule has 3 nitrogen and oxygen atoms in total. The summed E-state index contributed by atoms with van der Waals surface area (Å²) in [4.78, 5) is 11.4. The zero-order chi connectivity index (χ0) is 11.5. The molecule has 0 atom stereocenters. The fraction of sp³-hybridized carbons (Fsp3) is 0.250. The molecule has 0 bridgehead atoms. The molecule has 4 heteroatoms. The normalized spacial score (nSPS) is 18.2. The summed E-state index contributed by atoms with van der Waals surface area (Å²) < 4.78 is 6.07. The average Bonchev–Trinajstić information content (AvgIpc) is 2.64. The number of carbonyl (C=O) groups is 1. The second kappa shape index (κ2) is 4.86. The molecular weight excluding hydrogens is 317 g/mol. The Hall–Kier alpha value is -1.04. The molecule has 1 aliphatic rings. The second-order valence-corrected chi connectivity index (χ2v) is 4.87. The molecule has 0 saturated carbocycles. The van der Waals surface area contributed by atoms with Crippen LogP contribution in [0.15, 0.2) is 35.5 Å². The summed E-state index contributed by atoms with van der Waals surface area (Å²) in [5.41, 5.74) is 2.62. The van der Waals surface area contributed by atoms with Gasteiger partial charge in [-0.3, -0.25) is 0 Å². The van der Waals surface area contributed by atoms with E-state index in [9.17, 15) is 4.79 Å². The molecule has 0 amide bonds. The van der Waals surface area contributed by atoms with Crippen LogP contribution < -0.4 is 5.32 Å². The van der Waals surface area contributed by atoms with E-state index in [0.29, 0.717) is 13.0 Å². The molecule has 0 aliphatic carbocycles. The van der Waals surface area contributed by atoms with E-state index < -0.39 is 0 Å². The van der Waals surface area contributed by atoms with Gasteiger partial charge in [0, 0.05) is 21.4 Å². The third-order valence-electron chi connectivity index (χ3n) is 2.44. The van der Waals surface area contributed by atoms with E-state index in [4.69, 9.17) is 4.74 Å². The minimum Gasteiger partial charge on any atom is -0.462 e. The van der Waals surface area contributed by atoms with Gasteiger partial charge in [-0.2, -0.15) is 0 Å². The molecule has 0 spiro atoms. The van der Waals surface area contributed by atoms with Gasteiger partial charge in [-0.15, -0.1) is 0 Å². The molecule has 84 valence electrons. The van der Waals surface area contributed by atoms with Gasteiger partial charge in [-0.1, -0.05) is 6.07 Å². The Morgan fingerprint density at radius 2 is 2.31 bits per heavy atom. The smallest absolute Gasteiger partial charge is 0.335 e. The number of carbonyl (C=O) groups excluding carboxylic acids is 1. The highest BCUT2D eigenvalue weighted by Gasteiger charge is 2.21. The van der Waals surface area contributed by atoms with Gasteiger partial charge in [0.25, 0.3) is 0 Å². The quantitative estimate of drug-likeness (QED) is 0.515. The molecule has 1 aromatic carbocycles. The SMILES string of the molecule is CC(Nc1cccc(I)c1)=C1CCOC1=O. The van der Waals surface area contributed by atoms with Gasteiger partial charge in [-0.25, -0.2) is 4.79 Å². The van der Waals surface area contributed by atoms with Crippen molar-refractivity contribution in [2.45, 2.75) is 13.3 Å². The number of hydrogen-bond donors (Lipinski definition) is 1. The predicted octanol–water partition coefficient (Wildman–Crippen LogP) is 2.92. The Morgan fingerprint density at radius 3 is 2.94 bits per heavy atom. The van der Waals surface area contributed by atoms with Crippen molar-refractivity contribution in [2.75, 3.05) is 11.9 Å². The molecule has 1 fully saturated rings. The van der Waals surface area contributed by atoms with Crippen LogP contribution >= 0.6 is 22.6 Å². The first-order chi connectivity index (χ1) is 7.66. The first-order valence-electron chi connectivity index (χ1n) is 5.06. The van der Waals surface area contributed by atoms with Gasteiger partial charge in [0.05, 0.1) is 12.2 Å². The van der Waals surface area contributed by atoms with Crippen LogP contribution in [-0.4, -0.2) is 12.6 Å². The number of halogens is 1. The third kappa shape index (κ3) is 2.55. The van der Waals surface area contributed by atoms with Crippen molar-refractivity contribution >= 4 is 34.2 Å². The Kier molecular flexibility index (Phi) is 3.48. The molecule has 0 unspecified atom stereocenters. The van der Waals surface area contributed by atoms with Gasteiger partial charge in [0.1, 0.15) is 0 Å². The topological polar surface area (TPSA) is 38.3 Å². The first kappa shape index (κ1) is 11.4. The van der Waals surface area contributed by atoms with E-state index in [2.05, 4.69) is 27.9 Å². The second-order valence-electron chi connectivity index (χ2n) is 3.62. The van der Waals surface area contributed by atoms with Crippen LogP contribution in [0.4, 0.5) is 5.69 Å². The van der Waals surface area contributed by atoms with E-state index in [-0.39, 0.29) is 5.97 Å². The van der Waals surface area contributed by atoms with Crippen LogP contribution in [0, 0.1) is 3.57 Å². The Bertz CT molecular complexity index is 454. The van der Waals surface area contributed by atoms with E-state index in [1.54, 1.807) is 0 Å². The van der Waals surface area contributed by atoms with Gasteiger partial charge in [-0.05, 0) is 47.7 Å².